The van der Waals surface area contributed by atoms with Crippen LogP contribution in [0, 0.1) is 0 Å². The minimum Gasteiger partial charge on any atom is -0.382 e. The minimum absolute atomic E-state index is 0. The fraction of sp³-hybridized carbons (Fsp3) is 0.588. The summed E-state index contributed by atoms with van der Waals surface area (Å²) in [6, 6.07) is 8.21. The Labute approximate surface area is 161 Å². The van der Waals surface area contributed by atoms with Gasteiger partial charge >= 0.3 is 0 Å². The van der Waals surface area contributed by atoms with Crippen molar-refractivity contribution in [3.8, 4) is 0 Å². The molecule has 0 heterocycles. The maximum Gasteiger partial charge on any atom is 0.191 e. The first-order chi connectivity index (χ1) is 10.7. The van der Waals surface area contributed by atoms with Crippen molar-refractivity contribution < 1.29 is 4.74 Å². The van der Waals surface area contributed by atoms with Gasteiger partial charge in [0.05, 0.1) is 0 Å². The van der Waals surface area contributed by atoms with E-state index in [9.17, 15) is 0 Å². The second kappa shape index (κ2) is 10.4. The van der Waals surface area contributed by atoms with Gasteiger partial charge in [-0.3, -0.25) is 4.99 Å². The molecular weight excluding hydrogens is 425 g/mol. The van der Waals surface area contributed by atoms with Crippen LogP contribution in [0.15, 0.2) is 29.3 Å². The van der Waals surface area contributed by atoms with E-state index in [0.717, 1.165) is 43.7 Å². The minimum atomic E-state index is 0. The molecule has 0 amide bonds. The Balaban J connectivity index is 0.00000264. The van der Waals surface area contributed by atoms with E-state index in [1.807, 2.05) is 19.1 Å². The molecule has 23 heavy (non-hydrogen) atoms. The van der Waals surface area contributed by atoms with E-state index in [4.69, 9.17) is 16.3 Å². The molecule has 2 rings (SSSR count). The van der Waals surface area contributed by atoms with Crippen LogP contribution >= 0.6 is 35.6 Å². The van der Waals surface area contributed by atoms with Crippen LogP contribution in [0.25, 0.3) is 0 Å². The molecule has 130 valence electrons. The van der Waals surface area contributed by atoms with Gasteiger partial charge in [-0.1, -0.05) is 23.7 Å². The lowest BCUT2D eigenvalue weighted by atomic mass is 9.96. The van der Waals surface area contributed by atoms with Gasteiger partial charge in [-0.25, -0.2) is 0 Å². The number of halogens is 2. The summed E-state index contributed by atoms with van der Waals surface area (Å²) in [6.07, 6.45) is 3.41. The van der Waals surface area contributed by atoms with Crippen molar-refractivity contribution in [3.05, 3.63) is 34.9 Å². The Bertz CT molecular complexity index is 489. The summed E-state index contributed by atoms with van der Waals surface area (Å²) in [5, 5.41) is 7.56. The molecule has 0 unspecified atom stereocenters. The number of nitrogens with one attached hydrogen (secondary N) is 2. The first-order valence-electron chi connectivity index (χ1n) is 7.98. The lowest BCUT2D eigenvalue weighted by molar-refractivity contribution is 0.145. The van der Waals surface area contributed by atoms with Crippen LogP contribution in [0.4, 0.5) is 0 Å². The summed E-state index contributed by atoms with van der Waals surface area (Å²) in [5.41, 5.74) is 1.60. The average Bonchev–Trinajstić information content (AvgIpc) is 3.32. The molecule has 0 atom stereocenters. The first kappa shape index (κ1) is 20.5. The Morgan fingerprint density at radius 2 is 1.96 bits per heavy atom. The molecule has 1 aromatic carbocycles. The van der Waals surface area contributed by atoms with Crippen LogP contribution in [-0.4, -0.2) is 39.3 Å². The lowest BCUT2D eigenvalue weighted by Gasteiger charge is -2.19. The highest BCUT2D eigenvalue weighted by molar-refractivity contribution is 14.0. The van der Waals surface area contributed by atoms with Crippen molar-refractivity contribution in [1.29, 1.82) is 0 Å². The Kier molecular flexibility index (Phi) is 9.24. The van der Waals surface area contributed by atoms with Crippen molar-refractivity contribution in [1.82, 2.24) is 10.6 Å². The van der Waals surface area contributed by atoms with Gasteiger partial charge in [0, 0.05) is 43.8 Å². The van der Waals surface area contributed by atoms with Crippen LogP contribution < -0.4 is 10.6 Å². The largest absolute Gasteiger partial charge is 0.382 e. The van der Waals surface area contributed by atoms with Gasteiger partial charge in [-0.05, 0) is 43.9 Å². The normalized spacial score (nSPS) is 15.7. The number of ether oxygens (including phenoxy) is 1. The zero-order chi connectivity index (χ0) is 15.8. The predicted molar refractivity (Wildman–Crippen MR) is 108 cm³/mol. The second-order valence-electron chi connectivity index (χ2n) is 5.69. The van der Waals surface area contributed by atoms with Crippen LogP contribution in [0.3, 0.4) is 0 Å². The SMILES string of the molecule is CCOCCCNC(=NC)NCC1(c2ccc(Cl)cc2)CC1.I. The highest BCUT2D eigenvalue weighted by Gasteiger charge is 2.44. The Morgan fingerprint density at radius 1 is 1.26 bits per heavy atom. The van der Waals surface area contributed by atoms with Gasteiger partial charge in [-0.2, -0.15) is 0 Å². The molecule has 0 bridgehead atoms. The molecule has 1 saturated carbocycles. The van der Waals surface area contributed by atoms with E-state index in [1.165, 1.54) is 18.4 Å². The van der Waals surface area contributed by atoms with E-state index in [1.54, 1.807) is 7.05 Å². The van der Waals surface area contributed by atoms with Gasteiger partial charge in [0.1, 0.15) is 0 Å². The summed E-state index contributed by atoms with van der Waals surface area (Å²) in [5.74, 6) is 0.858. The summed E-state index contributed by atoms with van der Waals surface area (Å²) < 4.78 is 5.33. The average molecular weight is 452 g/mol. The maximum atomic E-state index is 5.97. The third-order valence-electron chi connectivity index (χ3n) is 4.09. The lowest BCUT2D eigenvalue weighted by Crippen LogP contribution is -2.41. The molecule has 1 aromatic rings. The highest BCUT2D eigenvalue weighted by Crippen LogP contribution is 2.47. The first-order valence-corrected chi connectivity index (χ1v) is 8.36. The highest BCUT2D eigenvalue weighted by atomic mass is 127. The van der Waals surface area contributed by atoms with Crippen LogP contribution in [0.1, 0.15) is 31.7 Å². The third-order valence-corrected chi connectivity index (χ3v) is 4.34. The zero-order valence-electron chi connectivity index (χ0n) is 13.9. The molecule has 1 aliphatic rings. The van der Waals surface area contributed by atoms with E-state index in [2.05, 4.69) is 27.8 Å². The van der Waals surface area contributed by atoms with Gasteiger partial charge in [-0.15, -0.1) is 24.0 Å². The fourth-order valence-electron chi connectivity index (χ4n) is 2.52. The molecule has 0 spiro atoms. The summed E-state index contributed by atoms with van der Waals surface area (Å²) in [4.78, 5) is 4.28. The Morgan fingerprint density at radius 3 is 2.52 bits per heavy atom. The molecule has 1 aliphatic carbocycles. The number of nitrogens with zero attached hydrogens (tertiary/aromatic N) is 1. The van der Waals surface area contributed by atoms with Gasteiger partial charge in [0.2, 0.25) is 0 Å². The van der Waals surface area contributed by atoms with Crippen molar-refractivity contribution in [3.63, 3.8) is 0 Å². The van der Waals surface area contributed by atoms with Gasteiger partial charge in [0.15, 0.2) is 5.96 Å². The number of hydrogen-bond acceptors (Lipinski definition) is 2. The Hall–Kier alpha value is -0.530. The van der Waals surface area contributed by atoms with Crippen molar-refractivity contribution in [2.75, 3.05) is 33.4 Å². The van der Waals surface area contributed by atoms with Gasteiger partial charge in [0.25, 0.3) is 0 Å². The standard InChI is InChI=1S/C17H26ClN3O.HI/c1-3-22-12-4-11-20-16(19-2)21-13-17(9-10-17)14-5-7-15(18)8-6-14;/h5-8H,3-4,9-13H2,1-2H3,(H2,19,20,21);1H. The molecule has 0 aliphatic heterocycles. The van der Waals surface area contributed by atoms with E-state index < -0.39 is 0 Å². The van der Waals surface area contributed by atoms with Gasteiger partial charge < -0.3 is 15.4 Å². The number of hydrogen-bond donors (Lipinski definition) is 2. The predicted octanol–water partition coefficient (Wildman–Crippen LogP) is 3.58. The molecule has 0 saturated heterocycles. The summed E-state index contributed by atoms with van der Waals surface area (Å²) in [6.45, 7) is 5.35. The molecule has 6 heteroatoms. The smallest absolute Gasteiger partial charge is 0.191 e. The maximum absolute atomic E-state index is 5.97. The number of guanidine groups is 1. The third kappa shape index (κ3) is 6.47. The fourth-order valence-corrected chi connectivity index (χ4v) is 2.65. The van der Waals surface area contributed by atoms with Crippen LogP contribution in [-0.2, 0) is 10.2 Å². The van der Waals surface area contributed by atoms with E-state index >= 15 is 0 Å². The monoisotopic (exact) mass is 451 g/mol. The topological polar surface area (TPSA) is 45.6 Å². The molecule has 0 aromatic heterocycles. The molecule has 1 fully saturated rings. The van der Waals surface area contributed by atoms with Crippen molar-refractivity contribution in [2.24, 2.45) is 4.99 Å². The van der Waals surface area contributed by atoms with E-state index in [-0.39, 0.29) is 29.4 Å². The second-order valence-corrected chi connectivity index (χ2v) is 6.13. The van der Waals surface area contributed by atoms with Crippen molar-refractivity contribution >= 4 is 41.5 Å². The summed E-state index contributed by atoms with van der Waals surface area (Å²) in [7, 11) is 1.81. The van der Waals surface area contributed by atoms with E-state index in [0.29, 0.717) is 0 Å². The molecular formula is C17H27ClIN3O. The summed E-state index contributed by atoms with van der Waals surface area (Å²) >= 11 is 5.97. The molecule has 4 nitrogen and oxygen atoms in total. The molecule has 0 radical (unpaired) electrons. The number of benzene rings is 1. The van der Waals surface area contributed by atoms with Crippen LogP contribution in [0.2, 0.25) is 5.02 Å². The quantitative estimate of drug-likeness (QED) is 0.275. The number of rotatable bonds is 8. The number of aliphatic imine (C=N–C) groups is 1. The van der Waals surface area contributed by atoms with Crippen LogP contribution in [0.5, 0.6) is 0 Å². The van der Waals surface area contributed by atoms with Crippen molar-refractivity contribution in [2.45, 2.75) is 31.6 Å². The zero-order valence-corrected chi connectivity index (χ0v) is 17.0. The molecule has 2 N–H and O–H groups in total.